The van der Waals surface area contributed by atoms with Gasteiger partial charge in [0.15, 0.2) is 4.91 Å². The lowest BCUT2D eigenvalue weighted by molar-refractivity contribution is -0.331. The first-order chi connectivity index (χ1) is 10.6. The molecule has 3 unspecified atom stereocenters. The van der Waals surface area contributed by atoms with Crippen LogP contribution >= 0.6 is 31.9 Å². The fourth-order valence-electron chi connectivity index (χ4n) is 1.58. The maximum absolute atomic E-state index is 13.6. The summed E-state index contributed by atoms with van der Waals surface area (Å²) in [5.41, 5.74) is 0. The van der Waals surface area contributed by atoms with E-state index in [-0.39, 0.29) is 4.48 Å². The van der Waals surface area contributed by atoms with Crippen molar-refractivity contribution < 1.29 is 35.3 Å². The summed E-state index contributed by atoms with van der Waals surface area (Å²) in [5.74, 6) is -7.43. The van der Waals surface area contributed by atoms with Crippen LogP contribution in [0.2, 0.25) is 0 Å². The molecule has 0 aromatic carbocycles. The Morgan fingerprint density at radius 2 is 1.75 bits per heavy atom. The van der Waals surface area contributed by atoms with Crippen LogP contribution in [0, 0.1) is 23.7 Å². The highest BCUT2D eigenvalue weighted by atomic mass is 79.9. The monoisotopic (exact) mass is 504 g/mol. The first-order valence-corrected chi connectivity index (χ1v) is 8.62. The number of hydrogen-bond donors (Lipinski definition) is 0. The van der Waals surface area contributed by atoms with Gasteiger partial charge in [0.1, 0.15) is 0 Å². The molecule has 135 valence electrons. The Labute approximate surface area is 152 Å². The minimum atomic E-state index is -6.58. The van der Waals surface area contributed by atoms with Crippen LogP contribution < -0.4 is 0 Å². The van der Waals surface area contributed by atoms with Gasteiger partial charge in [-0.1, -0.05) is 31.9 Å². The van der Waals surface area contributed by atoms with Gasteiger partial charge in [0, 0.05) is 17.0 Å². The van der Waals surface area contributed by atoms with Gasteiger partial charge in [-0.15, -0.1) is 8.78 Å². The van der Waals surface area contributed by atoms with Crippen molar-refractivity contribution in [1.82, 2.24) is 0 Å². The van der Waals surface area contributed by atoms with Crippen LogP contribution in [0.1, 0.15) is 6.92 Å². The zero-order valence-electron chi connectivity index (χ0n) is 11.5. The number of nitrogens with zero attached hydrogens (tertiary/aromatic N) is 1. The van der Waals surface area contributed by atoms with Crippen molar-refractivity contribution in [3.05, 3.63) is 28.0 Å². The first kappa shape index (κ1) is 21.8. The van der Waals surface area contributed by atoms with Gasteiger partial charge >= 0.3 is 17.4 Å². The van der Waals surface area contributed by atoms with Gasteiger partial charge in [-0.25, -0.2) is 0 Å². The van der Waals surface area contributed by atoms with Crippen LogP contribution in [-0.4, -0.2) is 26.2 Å². The van der Waals surface area contributed by atoms with E-state index in [0.29, 0.717) is 0 Å². The predicted molar refractivity (Wildman–Crippen MR) is 79.9 cm³/mol. The van der Waals surface area contributed by atoms with Gasteiger partial charge < -0.3 is 4.55 Å². The minimum absolute atomic E-state index is 0.0153. The fraction of sp³-hybridized carbons (Fsp3) is 0.500. The Kier molecular flexibility index (Phi) is 6.18. The first-order valence-electron chi connectivity index (χ1n) is 5.89. The van der Waals surface area contributed by atoms with Crippen molar-refractivity contribution in [2.45, 2.75) is 28.6 Å². The molecular formula is C12H7Br2F7NOS. The van der Waals surface area contributed by atoms with E-state index in [9.17, 15) is 35.3 Å². The zero-order chi connectivity index (χ0) is 19.1. The van der Waals surface area contributed by atoms with E-state index in [1.807, 2.05) is 0 Å². The molecule has 0 N–H and O–H groups in total. The van der Waals surface area contributed by atoms with Gasteiger partial charge in [0.2, 0.25) is 0 Å². The van der Waals surface area contributed by atoms with Gasteiger partial charge in [0.05, 0.1) is 27.5 Å². The second kappa shape index (κ2) is 6.81. The fourth-order valence-corrected chi connectivity index (χ4v) is 4.59. The molecule has 1 aliphatic rings. The Morgan fingerprint density at radius 3 is 2.17 bits per heavy atom. The van der Waals surface area contributed by atoms with E-state index < -0.39 is 43.7 Å². The number of halogens is 9. The van der Waals surface area contributed by atoms with E-state index in [2.05, 4.69) is 31.9 Å². The van der Waals surface area contributed by atoms with Gasteiger partial charge in [0.25, 0.3) is 0 Å². The lowest BCUT2D eigenvalue weighted by Crippen LogP contribution is -2.56. The smallest absolute Gasteiger partial charge is 0.486 e. The lowest BCUT2D eigenvalue weighted by Gasteiger charge is -2.33. The largest absolute Gasteiger partial charge is 0.607 e. The van der Waals surface area contributed by atoms with E-state index in [0.717, 1.165) is 12.2 Å². The van der Waals surface area contributed by atoms with Crippen LogP contribution in [0.25, 0.3) is 0 Å². The topological polar surface area (TPSA) is 46.8 Å². The van der Waals surface area contributed by atoms with E-state index in [1.165, 1.54) is 13.3 Å². The van der Waals surface area contributed by atoms with E-state index in [1.54, 1.807) is 6.07 Å². The highest BCUT2D eigenvalue weighted by molar-refractivity contribution is 9.12. The molecule has 0 saturated heterocycles. The molecule has 0 spiro atoms. The maximum Gasteiger partial charge on any atom is 0.486 e. The Balaban J connectivity index is 3.36. The highest BCUT2D eigenvalue weighted by Crippen LogP contribution is 2.52. The maximum atomic E-state index is 13.6. The molecule has 3 atom stereocenters. The van der Waals surface area contributed by atoms with Gasteiger partial charge in [-0.05, 0) is 13.0 Å². The summed E-state index contributed by atoms with van der Waals surface area (Å²) in [7, 11) is 0. The third-order valence-electron chi connectivity index (χ3n) is 3.03. The molecule has 0 amide bonds. The van der Waals surface area contributed by atoms with E-state index >= 15 is 0 Å². The second-order valence-corrected chi connectivity index (χ2v) is 8.57. The summed E-state index contributed by atoms with van der Waals surface area (Å²) in [6.07, 6.45) is -3.82. The Morgan fingerprint density at radius 1 is 1.25 bits per heavy atom. The summed E-state index contributed by atoms with van der Waals surface area (Å²) >= 11 is 1.85. The average molecular weight is 506 g/mol. The van der Waals surface area contributed by atoms with Crippen molar-refractivity contribution in [2.24, 2.45) is 5.92 Å². The minimum Gasteiger partial charge on any atom is -0.607 e. The average Bonchev–Trinajstić information content (AvgIpc) is 2.42. The second-order valence-electron chi connectivity index (χ2n) is 4.76. The molecular weight excluding hydrogens is 499 g/mol. The summed E-state index contributed by atoms with van der Waals surface area (Å²) in [6.45, 7) is 1.34. The SMILES string of the molecule is CC(C#N)C1(Br)[CH]C(Br)=CC([S+]([O-])C(F)(F)C(F)(F)C(F)(F)F)=C1. The van der Waals surface area contributed by atoms with Crippen LogP contribution in [0.5, 0.6) is 0 Å². The van der Waals surface area contributed by atoms with Crippen LogP contribution in [0.15, 0.2) is 21.5 Å². The molecule has 0 aromatic rings. The van der Waals surface area contributed by atoms with Crippen molar-refractivity contribution in [2.75, 3.05) is 0 Å². The molecule has 2 nitrogen and oxygen atoms in total. The predicted octanol–water partition coefficient (Wildman–Crippen LogP) is 5.20. The Bertz CT molecular complexity index is 614. The molecule has 0 aromatic heterocycles. The summed E-state index contributed by atoms with van der Waals surface area (Å²) in [6, 6.07) is 1.76. The third-order valence-corrected chi connectivity index (χ3v) is 6.02. The molecule has 0 saturated carbocycles. The number of rotatable bonds is 4. The zero-order valence-corrected chi connectivity index (χ0v) is 15.5. The summed E-state index contributed by atoms with van der Waals surface area (Å²) in [5, 5.41) is 3.00. The van der Waals surface area contributed by atoms with Gasteiger partial charge in [-0.3, -0.25) is 0 Å². The van der Waals surface area contributed by atoms with Crippen molar-refractivity contribution >= 4 is 43.0 Å². The molecule has 0 aliphatic heterocycles. The Hall–Kier alpha value is -0.250. The number of allylic oxidation sites excluding steroid dienone is 3. The third kappa shape index (κ3) is 3.78. The van der Waals surface area contributed by atoms with Crippen LogP contribution in [0.4, 0.5) is 30.7 Å². The van der Waals surface area contributed by atoms with E-state index in [4.69, 9.17) is 5.26 Å². The lowest BCUT2D eigenvalue weighted by atomic mass is 9.89. The molecule has 1 radical (unpaired) electrons. The van der Waals surface area contributed by atoms with Crippen LogP contribution in [-0.2, 0) is 11.2 Å². The van der Waals surface area contributed by atoms with Crippen LogP contribution in [0.3, 0.4) is 0 Å². The van der Waals surface area contributed by atoms with Crippen molar-refractivity contribution in [1.29, 1.82) is 5.26 Å². The molecule has 0 heterocycles. The molecule has 24 heavy (non-hydrogen) atoms. The standard InChI is InChI=1S/C12H7Br2F7NOS/c1-6(5-22)9(14)3-7(13)2-8(4-9)24(23)12(20,21)10(15,16)11(17,18)19/h2-4,6H,1H3. The van der Waals surface area contributed by atoms with Gasteiger partial charge in [-0.2, -0.15) is 27.2 Å². The number of nitriles is 1. The normalized spacial score (nSPS) is 25.4. The molecule has 0 bridgehead atoms. The molecule has 0 fully saturated rings. The molecule has 1 aliphatic carbocycles. The van der Waals surface area contributed by atoms with Crippen molar-refractivity contribution in [3.8, 4) is 6.07 Å². The number of alkyl halides is 8. The van der Waals surface area contributed by atoms with Crippen molar-refractivity contribution in [3.63, 3.8) is 0 Å². The summed E-state index contributed by atoms with van der Waals surface area (Å²) < 4.78 is 100. The summed E-state index contributed by atoms with van der Waals surface area (Å²) in [4.78, 5) is -0.975. The molecule has 12 heteroatoms. The number of hydrogen-bond acceptors (Lipinski definition) is 2. The quantitative estimate of drug-likeness (QED) is 0.299. The molecule has 1 rings (SSSR count). The highest BCUT2D eigenvalue weighted by Gasteiger charge is 2.80.